The average Bonchev–Trinajstić information content (AvgIpc) is 3.31. The van der Waals surface area contributed by atoms with Crippen molar-refractivity contribution in [3.63, 3.8) is 0 Å². The molecular weight excluding hydrogens is 442 g/mol. The van der Waals surface area contributed by atoms with Crippen molar-refractivity contribution in [2.75, 3.05) is 33.2 Å². The maximum Gasteiger partial charge on any atom is 0.490 e. The SMILES string of the molecule is CN1CCC2(CCN(Cc3cccs3)C2)C1.O=C(O)C(F)(F)F.O=C(O)C(F)(F)F. The van der Waals surface area contributed by atoms with E-state index in [2.05, 4.69) is 34.4 Å². The van der Waals surface area contributed by atoms with E-state index in [9.17, 15) is 26.3 Å². The molecule has 1 aromatic rings. The van der Waals surface area contributed by atoms with Crippen LogP contribution in [0.5, 0.6) is 0 Å². The van der Waals surface area contributed by atoms with Crippen molar-refractivity contribution in [1.29, 1.82) is 0 Å². The Labute approximate surface area is 172 Å². The van der Waals surface area contributed by atoms with Gasteiger partial charge in [-0.1, -0.05) is 6.07 Å². The van der Waals surface area contributed by atoms with Crippen molar-refractivity contribution in [2.45, 2.75) is 31.7 Å². The second kappa shape index (κ2) is 10.4. The molecule has 13 heteroatoms. The highest BCUT2D eigenvalue weighted by molar-refractivity contribution is 7.09. The molecule has 0 aliphatic carbocycles. The van der Waals surface area contributed by atoms with Gasteiger partial charge in [-0.25, -0.2) is 9.59 Å². The van der Waals surface area contributed by atoms with Crippen molar-refractivity contribution >= 4 is 23.3 Å². The molecule has 6 nitrogen and oxygen atoms in total. The van der Waals surface area contributed by atoms with Gasteiger partial charge in [0.15, 0.2) is 0 Å². The largest absolute Gasteiger partial charge is 0.490 e. The number of likely N-dealkylation sites (tertiary alicyclic amines) is 2. The van der Waals surface area contributed by atoms with Crippen LogP contribution in [0.3, 0.4) is 0 Å². The topological polar surface area (TPSA) is 81.1 Å². The van der Waals surface area contributed by atoms with E-state index in [1.807, 2.05) is 11.3 Å². The molecule has 0 saturated carbocycles. The predicted octanol–water partition coefficient (Wildman–Crippen LogP) is 3.54. The fourth-order valence-corrected chi connectivity index (χ4v) is 4.02. The molecule has 2 aliphatic heterocycles. The van der Waals surface area contributed by atoms with Gasteiger partial charge in [0.25, 0.3) is 0 Å². The standard InChI is InChI=1S/C13H20N2S.2C2HF3O2/c1-14-6-4-13(10-14)5-7-15(11-13)9-12-3-2-8-16-12;2*3-2(4,5)1(6)7/h2-3,8H,4-7,9-11H2,1H3;2*(H,6,7). The van der Waals surface area contributed by atoms with Crippen LogP contribution in [-0.4, -0.2) is 77.5 Å². The Morgan fingerprint density at radius 3 is 1.90 bits per heavy atom. The van der Waals surface area contributed by atoms with Crippen LogP contribution in [-0.2, 0) is 16.1 Å². The molecule has 0 bridgehead atoms. The molecule has 0 radical (unpaired) electrons. The first-order chi connectivity index (χ1) is 13.6. The maximum atomic E-state index is 10.6. The first-order valence-corrected chi connectivity index (χ1v) is 9.56. The third-order valence-electron chi connectivity index (χ3n) is 4.59. The van der Waals surface area contributed by atoms with Crippen LogP contribution in [0.4, 0.5) is 26.3 Å². The summed E-state index contributed by atoms with van der Waals surface area (Å²) >= 11 is 1.89. The lowest BCUT2D eigenvalue weighted by Crippen LogP contribution is -2.29. The number of nitrogens with zero attached hydrogens (tertiary/aromatic N) is 2. The summed E-state index contributed by atoms with van der Waals surface area (Å²) in [5.74, 6) is -5.51. The molecule has 3 rings (SSSR count). The normalized spacial score (nSPS) is 22.2. The highest BCUT2D eigenvalue weighted by atomic mass is 32.1. The number of carboxylic acid groups (broad SMARTS) is 2. The molecule has 2 aliphatic rings. The number of alkyl halides is 6. The fraction of sp³-hybridized carbons (Fsp3) is 0.647. The summed E-state index contributed by atoms with van der Waals surface area (Å²) in [4.78, 5) is 24.4. The summed E-state index contributed by atoms with van der Waals surface area (Å²) in [7, 11) is 2.26. The highest BCUT2D eigenvalue weighted by Gasteiger charge is 2.42. The van der Waals surface area contributed by atoms with Gasteiger partial charge in [-0.2, -0.15) is 26.3 Å². The summed E-state index contributed by atoms with van der Waals surface area (Å²) in [5.41, 5.74) is 0.631. The lowest BCUT2D eigenvalue weighted by Gasteiger charge is -2.23. The van der Waals surface area contributed by atoms with Gasteiger partial charge in [0.1, 0.15) is 0 Å². The Balaban J connectivity index is 0.000000271. The Hall–Kier alpha value is -1.86. The van der Waals surface area contributed by atoms with Crippen LogP contribution in [0.2, 0.25) is 0 Å². The van der Waals surface area contributed by atoms with Gasteiger partial charge in [0, 0.05) is 24.5 Å². The maximum absolute atomic E-state index is 10.6. The van der Waals surface area contributed by atoms with Crippen molar-refractivity contribution in [3.05, 3.63) is 22.4 Å². The van der Waals surface area contributed by atoms with E-state index in [0.29, 0.717) is 5.41 Å². The molecule has 30 heavy (non-hydrogen) atoms. The third-order valence-corrected chi connectivity index (χ3v) is 5.45. The van der Waals surface area contributed by atoms with Crippen LogP contribution >= 0.6 is 11.3 Å². The third kappa shape index (κ3) is 8.88. The average molecular weight is 464 g/mol. The van der Waals surface area contributed by atoms with Crippen molar-refractivity contribution in [3.8, 4) is 0 Å². The Morgan fingerprint density at radius 2 is 1.53 bits per heavy atom. The number of carbonyl (C=O) groups is 2. The Bertz CT molecular complexity index is 671. The monoisotopic (exact) mass is 464 g/mol. The van der Waals surface area contributed by atoms with E-state index in [4.69, 9.17) is 19.8 Å². The number of halogens is 6. The molecule has 0 aromatic carbocycles. The molecule has 0 amide bonds. The Kier molecular flexibility index (Phi) is 9.11. The van der Waals surface area contributed by atoms with Crippen molar-refractivity contribution in [1.82, 2.24) is 9.80 Å². The van der Waals surface area contributed by atoms with Gasteiger partial charge in [0.2, 0.25) is 0 Å². The van der Waals surface area contributed by atoms with E-state index in [0.717, 1.165) is 0 Å². The smallest absolute Gasteiger partial charge is 0.475 e. The van der Waals surface area contributed by atoms with E-state index in [1.165, 1.54) is 50.4 Å². The fourth-order valence-electron chi connectivity index (χ4n) is 3.28. The van der Waals surface area contributed by atoms with Crippen LogP contribution in [0, 0.1) is 5.41 Å². The van der Waals surface area contributed by atoms with Gasteiger partial charge in [-0.3, -0.25) is 4.90 Å². The number of hydrogen-bond donors (Lipinski definition) is 2. The number of hydrogen-bond acceptors (Lipinski definition) is 5. The van der Waals surface area contributed by atoms with Gasteiger partial charge in [0.05, 0.1) is 0 Å². The quantitative estimate of drug-likeness (QED) is 0.652. The van der Waals surface area contributed by atoms with Crippen LogP contribution in [0.25, 0.3) is 0 Å². The highest BCUT2D eigenvalue weighted by Crippen LogP contribution is 2.39. The summed E-state index contributed by atoms with van der Waals surface area (Å²) in [6.07, 6.45) is -7.35. The molecule has 172 valence electrons. The first kappa shape index (κ1) is 26.2. The summed E-state index contributed by atoms with van der Waals surface area (Å²) in [6, 6.07) is 4.42. The summed E-state index contributed by atoms with van der Waals surface area (Å²) in [6.45, 7) is 6.39. The predicted molar refractivity (Wildman–Crippen MR) is 96.1 cm³/mol. The minimum atomic E-state index is -5.08. The van der Waals surface area contributed by atoms with Gasteiger partial charge < -0.3 is 15.1 Å². The van der Waals surface area contributed by atoms with Crippen LogP contribution < -0.4 is 0 Å². The molecule has 3 heterocycles. The summed E-state index contributed by atoms with van der Waals surface area (Å²) in [5, 5.41) is 16.4. The van der Waals surface area contributed by atoms with Gasteiger partial charge in [-0.15, -0.1) is 11.3 Å². The van der Waals surface area contributed by atoms with Gasteiger partial charge >= 0.3 is 24.3 Å². The summed E-state index contributed by atoms with van der Waals surface area (Å²) < 4.78 is 63.5. The molecule has 1 atom stereocenters. The molecule has 2 N–H and O–H groups in total. The number of thiophene rings is 1. The second-order valence-electron chi connectivity index (χ2n) is 7.13. The zero-order chi connectivity index (χ0) is 23.2. The second-order valence-corrected chi connectivity index (χ2v) is 8.17. The first-order valence-electron chi connectivity index (χ1n) is 8.68. The van der Waals surface area contributed by atoms with Crippen molar-refractivity contribution in [2.24, 2.45) is 5.41 Å². The lowest BCUT2D eigenvalue weighted by molar-refractivity contribution is -0.193. The van der Waals surface area contributed by atoms with Crippen LogP contribution in [0.15, 0.2) is 17.5 Å². The number of aliphatic carboxylic acids is 2. The molecular formula is C17H22F6N2O4S. The van der Waals surface area contributed by atoms with E-state index in [-0.39, 0.29) is 0 Å². The minimum Gasteiger partial charge on any atom is -0.475 e. The number of carboxylic acids is 2. The van der Waals surface area contributed by atoms with E-state index in [1.54, 1.807) is 0 Å². The molecule has 1 unspecified atom stereocenters. The lowest BCUT2D eigenvalue weighted by atomic mass is 9.86. The minimum absolute atomic E-state index is 0.631. The zero-order valence-electron chi connectivity index (χ0n) is 16.0. The molecule has 2 fully saturated rings. The molecule has 2 saturated heterocycles. The van der Waals surface area contributed by atoms with Crippen LogP contribution in [0.1, 0.15) is 17.7 Å². The van der Waals surface area contributed by atoms with E-state index >= 15 is 0 Å². The number of rotatable bonds is 2. The van der Waals surface area contributed by atoms with Crippen molar-refractivity contribution < 1.29 is 46.1 Å². The molecule has 1 aromatic heterocycles. The van der Waals surface area contributed by atoms with E-state index < -0.39 is 24.3 Å². The zero-order valence-corrected chi connectivity index (χ0v) is 16.8. The molecule has 1 spiro atoms. The van der Waals surface area contributed by atoms with Gasteiger partial charge in [-0.05, 0) is 49.8 Å². The Morgan fingerprint density at radius 1 is 1.03 bits per heavy atom.